The summed E-state index contributed by atoms with van der Waals surface area (Å²) in [6.07, 6.45) is 3.00. The van der Waals surface area contributed by atoms with Gasteiger partial charge in [-0.3, -0.25) is 9.48 Å². The first-order valence-electron chi connectivity index (χ1n) is 7.69. The van der Waals surface area contributed by atoms with E-state index in [1.165, 1.54) is 29.9 Å². The van der Waals surface area contributed by atoms with Crippen LogP contribution in [0.1, 0.15) is 11.3 Å². The van der Waals surface area contributed by atoms with Crippen molar-refractivity contribution >= 4 is 43.4 Å². The van der Waals surface area contributed by atoms with Crippen molar-refractivity contribution in [3.8, 4) is 5.75 Å². The molecule has 0 radical (unpaired) electrons. The van der Waals surface area contributed by atoms with Crippen LogP contribution in [0.2, 0.25) is 0 Å². The van der Waals surface area contributed by atoms with Crippen LogP contribution in [-0.4, -0.2) is 46.3 Å². The Morgan fingerprint density at radius 2 is 2.00 bits per heavy atom. The van der Waals surface area contributed by atoms with Gasteiger partial charge >= 0.3 is 10.2 Å². The molecule has 3 rings (SSSR count). The lowest BCUT2D eigenvalue weighted by Gasteiger charge is -2.23. The molecule has 9 nitrogen and oxygen atoms in total. The van der Waals surface area contributed by atoms with Crippen molar-refractivity contribution in [3.63, 3.8) is 0 Å². The molecule has 27 heavy (non-hydrogen) atoms. The molecule has 1 aromatic carbocycles. The highest BCUT2D eigenvalue weighted by Crippen LogP contribution is 2.28. The maximum Gasteiger partial charge on any atom is 0.345 e. The number of rotatable bonds is 3. The average Bonchev–Trinajstić information content (AvgIpc) is 2.91. The molecule has 0 fully saturated rings. The Hall–Kier alpha value is -2.66. The monoisotopic (exact) mass is 453 g/mol. The van der Waals surface area contributed by atoms with Crippen molar-refractivity contribution in [1.82, 2.24) is 14.1 Å². The minimum atomic E-state index is -4.09. The molecule has 0 spiro atoms. The highest BCUT2D eigenvalue weighted by molar-refractivity contribution is 9.10. The summed E-state index contributed by atoms with van der Waals surface area (Å²) in [5.74, 6) is -0.853. The molecular weight excluding hydrogens is 438 g/mol. The van der Waals surface area contributed by atoms with E-state index in [9.17, 15) is 18.3 Å². The fourth-order valence-corrected chi connectivity index (χ4v) is 3.81. The normalized spacial score (nSPS) is 15.9. The number of aryl methyl sites for hydroxylation is 2. The quantitative estimate of drug-likeness (QED) is 0.685. The number of halogens is 1. The number of carbonyl (C=O) groups is 1. The number of aromatic hydroxyl groups is 1. The largest absolute Gasteiger partial charge is 0.506 e. The zero-order valence-corrected chi connectivity index (χ0v) is 17.0. The Bertz CT molecular complexity index is 1100. The summed E-state index contributed by atoms with van der Waals surface area (Å²) in [7, 11) is -1.15. The lowest BCUT2D eigenvalue weighted by molar-refractivity contribution is -0.113. The van der Waals surface area contributed by atoms with Crippen LogP contribution in [0.25, 0.3) is 0 Å². The van der Waals surface area contributed by atoms with Gasteiger partial charge in [-0.05, 0) is 31.2 Å². The summed E-state index contributed by atoms with van der Waals surface area (Å²) in [5.41, 5.74) is 1.20. The number of carbonyl (C=O) groups excluding carboxylic acids is 1. The van der Waals surface area contributed by atoms with Gasteiger partial charge in [0.15, 0.2) is 0 Å². The Morgan fingerprint density at radius 1 is 1.30 bits per heavy atom. The number of nitrogens with zero attached hydrogens (tertiary/aromatic N) is 4. The van der Waals surface area contributed by atoms with Crippen LogP contribution in [0.3, 0.4) is 0 Å². The summed E-state index contributed by atoms with van der Waals surface area (Å²) in [4.78, 5) is 12.7. The Balaban J connectivity index is 2.02. The zero-order valence-electron chi connectivity index (χ0n) is 14.6. The number of phenolic OH excluding ortho intramolecular Hbond substituents is 1. The fraction of sp³-hybridized carbons (Fsp3) is 0.188. The van der Waals surface area contributed by atoms with Gasteiger partial charge in [-0.15, -0.1) is 4.40 Å². The lowest BCUT2D eigenvalue weighted by Crippen LogP contribution is -2.35. The molecule has 1 aliphatic heterocycles. The molecular formula is C16H16BrN5O4S. The van der Waals surface area contributed by atoms with Crippen LogP contribution in [0, 0.1) is 6.92 Å². The van der Waals surface area contributed by atoms with Gasteiger partial charge in [0.1, 0.15) is 11.4 Å². The summed E-state index contributed by atoms with van der Waals surface area (Å²) in [5, 5.41) is 16.6. The molecule has 0 saturated carbocycles. The molecule has 0 unspecified atom stereocenters. The van der Waals surface area contributed by atoms with E-state index in [4.69, 9.17) is 0 Å². The number of likely N-dealkylation sites (N-methyl/N-ethyl adjacent to an activating group) is 1. The number of anilines is 1. The first-order chi connectivity index (χ1) is 12.6. The highest BCUT2D eigenvalue weighted by atomic mass is 79.9. The summed E-state index contributed by atoms with van der Waals surface area (Å²) < 4.78 is 31.5. The molecule has 0 atom stereocenters. The van der Waals surface area contributed by atoms with Crippen molar-refractivity contribution < 1.29 is 18.3 Å². The third kappa shape index (κ3) is 3.74. The van der Waals surface area contributed by atoms with Crippen molar-refractivity contribution in [2.45, 2.75) is 6.92 Å². The first-order valence-corrected chi connectivity index (χ1v) is 9.88. The Morgan fingerprint density at radius 3 is 2.63 bits per heavy atom. The van der Waals surface area contributed by atoms with Gasteiger partial charge in [-0.1, -0.05) is 15.9 Å². The van der Waals surface area contributed by atoms with E-state index in [0.29, 0.717) is 15.7 Å². The van der Waals surface area contributed by atoms with Crippen LogP contribution in [0.15, 0.2) is 45.0 Å². The molecule has 2 heterocycles. The molecule has 11 heteroatoms. The molecule has 2 aromatic rings. The number of allylic oxidation sites excluding steroid dienone is 1. The number of aromatic nitrogens is 2. The Kier molecular flexibility index (Phi) is 4.82. The van der Waals surface area contributed by atoms with Crippen LogP contribution in [-0.2, 0) is 22.1 Å². The summed E-state index contributed by atoms with van der Waals surface area (Å²) in [6, 6.07) is 4.52. The predicted octanol–water partition coefficient (Wildman–Crippen LogP) is 1.70. The zero-order chi connectivity index (χ0) is 19.9. The SMILES string of the molecule is Cc1nn(C)cc1C1=NS(=O)(=O)N(C)C(C(=O)Nc2cc(Br)ccc2O)=C1. The van der Waals surface area contributed by atoms with Crippen molar-refractivity contribution in [2.24, 2.45) is 11.4 Å². The topological polar surface area (TPSA) is 117 Å². The minimum absolute atomic E-state index is 0.113. The lowest BCUT2D eigenvalue weighted by atomic mass is 10.1. The number of hydrogen-bond donors (Lipinski definition) is 2. The maximum atomic E-state index is 12.7. The van der Waals surface area contributed by atoms with Gasteiger partial charge in [-0.25, -0.2) is 4.31 Å². The molecule has 1 amide bonds. The van der Waals surface area contributed by atoms with Crippen molar-refractivity contribution in [1.29, 1.82) is 0 Å². The van der Waals surface area contributed by atoms with Crippen LogP contribution < -0.4 is 5.32 Å². The molecule has 142 valence electrons. The third-order valence-electron chi connectivity index (χ3n) is 3.90. The second kappa shape index (κ2) is 6.82. The molecule has 2 N–H and O–H groups in total. The minimum Gasteiger partial charge on any atom is -0.506 e. The fourth-order valence-electron chi connectivity index (χ4n) is 2.54. The van der Waals surface area contributed by atoms with E-state index in [1.54, 1.807) is 26.2 Å². The molecule has 0 bridgehead atoms. The number of phenols is 1. The van der Waals surface area contributed by atoms with E-state index < -0.39 is 16.1 Å². The number of benzene rings is 1. The van der Waals surface area contributed by atoms with E-state index in [2.05, 4.69) is 30.7 Å². The smallest absolute Gasteiger partial charge is 0.345 e. The second-order valence-electron chi connectivity index (χ2n) is 5.87. The van der Waals surface area contributed by atoms with E-state index >= 15 is 0 Å². The standard InChI is InChI=1S/C16H16BrN5O4S/c1-9-11(8-21(2)19-9)12-7-14(22(3)27(25,26)20-12)16(24)18-13-6-10(17)4-5-15(13)23/h4-8,23H,1-3H3,(H,18,24). The number of nitrogens with one attached hydrogen (secondary N) is 1. The van der Waals surface area contributed by atoms with Crippen LogP contribution >= 0.6 is 15.9 Å². The van der Waals surface area contributed by atoms with E-state index in [-0.39, 0.29) is 22.8 Å². The summed E-state index contributed by atoms with van der Waals surface area (Å²) >= 11 is 3.25. The van der Waals surface area contributed by atoms with Crippen molar-refractivity contribution in [2.75, 3.05) is 12.4 Å². The number of amides is 1. The van der Waals surface area contributed by atoms with Crippen LogP contribution in [0.4, 0.5) is 5.69 Å². The van der Waals surface area contributed by atoms with Gasteiger partial charge < -0.3 is 10.4 Å². The first kappa shape index (κ1) is 19.1. The molecule has 1 aromatic heterocycles. The highest BCUT2D eigenvalue weighted by Gasteiger charge is 2.31. The Labute approximate surface area is 164 Å². The third-order valence-corrected chi connectivity index (χ3v) is 5.71. The average molecular weight is 454 g/mol. The number of hydrogen-bond acceptors (Lipinski definition) is 5. The van der Waals surface area contributed by atoms with Gasteiger partial charge in [-0.2, -0.15) is 13.5 Å². The van der Waals surface area contributed by atoms with Gasteiger partial charge in [0.25, 0.3) is 5.91 Å². The predicted molar refractivity (Wildman–Crippen MR) is 104 cm³/mol. The maximum absolute atomic E-state index is 12.7. The van der Waals surface area contributed by atoms with Crippen molar-refractivity contribution in [3.05, 3.63) is 51.9 Å². The van der Waals surface area contributed by atoms with Crippen LogP contribution in [0.5, 0.6) is 5.75 Å². The van der Waals surface area contributed by atoms with Gasteiger partial charge in [0, 0.05) is 30.3 Å². The van der Waals surface area contributed by atoms with E-state index in [0.717, 1.165) is 4.31 Å². The second-order valence-corrected chi connectivity index (χ2v) is 8.41. The van der Waals surface area contributed by atoms with Gasteiger partial charge in [0.05, 0.1) is 17.1 Å². The molecule has 0 aliphatic carbocycles. The van der Waals surface area contributed by atoms with Gasteiger partial charge in [0.2, 0.25) is 0 Å². The summed E-state index contributed by atoms with van der Waals surface area (Å²) in [6.45, 7) is 1.72. The molecule has 1 aliphatic rings. The molecule has 0 saturated heterocycles. The van der Waals surface area contributed by atoms with E-state index in [1.807, 2.05) is 0 Å².